The first kappa shape index (κ1) is 8.61. The standard InChI is InChI=1S/C11H8N2OS/c1-14-11-13-9-6-7-4-2-3-5-8(7)12-10(9)15-11/h2-6H,1H3. The van der Waals surface area contributed by atoms with E-state index in [-0.39, 0.29) is 0 Å². The summed E-state index contributed by atoms with van der Waals surface area (Å²) in [6, 6.07) is 10.1. The molecular formula is C11H8N2OS. The normalized spacial score (nSPS) is 11.0. The molecule has 0 unspecified atom stereocenters. The molecule has 0 aliphatic carbocycles. The molecule has 0 N–H and O–H groups in total. The maximum absolute atomic E-state index is 5.09. The highest BCUT2D eigenvalue weighted by atomic mass is 32.1. The molecule has 2 aromatic heterocycles. The van der Waals surface area contributed by atoms with Crippen LogP contribution in [-0.2, 0) is 0 Å². The molecule has 1 aromatic carbocycles. The fourth-order valence-electron chi connectivity index (χ4n) is 1.53. The van der Waals surface area contributed by atoms with Crippen molar-refractivity contribution in [3.05, 3.63) is 30.3 Å². The lowest BCUT2D eigenvalue weighted by Crippen LogP contribution is -1.79. The van der Waals surface area contributed by atoms with Gasteiger partial charge in [-0.15, -0.1) is 0 Å². The van der Waals surface area contributed by atoms with Crippen molar-refractivity contribution in [1.29, 1.82) is 0 Å². The van der Waals surface area contributed by atoms with Crippen molar-refractivity contribution >= 4 is 32.6 Å². The second-order valence-electron chi connectivity index (χ2n) is 3.19. The Morgan fingerprint density at radius 1 is 1.13 bits per heavy atom. The Balaban J connectivity index is 2.39. The molecule has 0 fully saturated rings. The molecule has 0 saturated heterocycles. The summed E-state index contributed by atoms with van der Waals surface area (Å²) in [7, 11) is 1.62. The Hall–Kier alpha value is -1.68. The molecule has 0 spiro atoms. The average molecular weight is 216 g/mol. The monoisotopic (exact) mass is 216 g/mol. The van der Waals surface area contributed by atoms with Crippen LogP contribution < -0.4 is 4.74 Å². The number of benzene rings is 1. The Bertz CT molecular complexity index is 580. The highest BCUT2D eigenvalue weighted by molar-refractivity contribution is 7.19. The first-order chi connectivity index (χ1) is 7.36. The van der Waals surface area contributed by atoms with Crippen molar-refractivity contribution in [3.8, 4) is 5.19 Å². The molecule has 74 valence electrons. The number of hydrogen-bond donors (Lipinski definition) is 0. The summed E-state index contributed by atoms with van der Waals surface area (Å²) >= 11 is 1.47. The molecule has 0 bridgehead atoms. The molecule has 0 amide bonds. The number of hydrogen-bond acceptors (Lipinski definition) is 4. The minimum atomic E-state index is 0.660. The van der Waals surface area contributed by atoms with Crippen LogP contribution >= 0.6 is 11.3 Å². The van der Waals surface area contributed by atoms with Gasteiger partial charge in [-0.2, -0.15) is 0 Å². The van der Waals surface area contributed by atoms with Crippen LogP contribution in [0.4, 0.5) is 0 Å². The van der Waals surface area contributed by atoms with E-state index in [4.69, 9.17) is 4.74 Å². The predicted molar refractivity (Wildman–Crippen MR) is 61.5 cm³/mol. The van der Waals surface area contributed by atoms with Gasteiger partial charge in [0, 0.05) is 5.39 Å². The fourth-order valence-corrected chi connectivity index (χ4v) is 2.28. The third kappa shape index (κ3) is 1.34. The third-order valence-electron chi connectivity index (χ3n) is 2.24. The topological polar surface area (TPSA) is 35.0 Å². The summed E-state index contributed by atoms with van der Waals surface area (Å²) in [6.07, 6.45) is 0. The van der Waals surface area contributed by atoms with Gasteiger partial charge < -0.3 is 4.74 Å². The molecule has 2 heterocycles. The largest absolute Gasteiger partial charge is 0.473 e. The molecule has 0 saturated carbocycles. The Morgan fingerprint density at radius 3 is 2.87 bits per heavy atom. The Morgan fingerprint density at radius 2 is 2.00 bits per heavy atom. The third-order valence-corrected chi connectivity index (χ3v) is 3.17. The van der Waals surface area contributed by atoms with E-state index in [0.717, 1.165) is 21.3 Å². The van der Waals surface area contributed by atoms with Crippen molar-refractivity contribution in [2.45, 2.75) is 0 Å². The van der Waals surface area contributed by atoms with E-state index in [2.05, 4.69) is 9.97 Å². The van der Waals surface area contributed by atoms with Crippen LogP contribution in [0.5, 0.6) is 5.19 Å². The number of nitrogens with zero attached hydrogens (tertiary/aromatic N) is 2. The zero-order valence-electron chi connectivity index (χ0n) is 8.10. The zero-order valence-corrected chi connectivity index (χ0v) is 8.91. The minimum Gasteiger partial charge on any atom is -0.473 e. The molecule has 3 nitrogen and oxygen atoms in total. The van der Waals surface area contributed by atoms with Crippen LogP contribution in [0.3, 0.4) is 0 Å². The van der Waals surface area contributed by atoms with Gasteiger partial charge >= 0.3 is 0 Å². The van der Waals surface area contributed by atoms with Crippen LogP contribution in [0.15, 0.2) is 30.3 Å². The average Bonchev–Trinajstić information content (AvgIpc) is 2.67. The zero-order chi connectivity index (χ0) is 10.3. The first-order valence-corrected chi connectivity index (χ1v) is 5.39. The van der Waals surface area contributed by atoms with E-state index in [1.165, 1.54) is 11.3 Å². The van der Waals surface area contributed by atoms with Gasteiger partial charge in [0.1, 0.15) is 10.3 Å². The van der Waals surface area contributed by atoms with E-state index in [1.807, 2.05) is 30.3 Å². The number of aromatic nitrogens is 2. The Labute approximate surface area is 90.4 Å². The van der Waals surface area contributed by atoms with Crippen molar-refractivity contribution in [2.24, 2.45) is 0 Å². The smallest absolute Gasteiger partial charge is 0.275 e. The number of methoxy groups -OCH3 is 1. The molecule has 15 heavy (non-hydrogen) atoms. The van der Waals surface area contributed by atoms with E-state index in [1.54, 1.807) is 7.11 Å². The number of para-hydroxylation sites is 1. The first-order valence-electron chi connectivity index (χ1n) is 4.57. The molecule has 0 radical (unpaired) electrons. The number of rotatable bonds is 1. The molecule has 0 aliphatic heterocycles. The highest BCUT2D eigenvalue weighted by Gasteiger charge is 2.06. The van der Waals surface area contributed by atoms with Crippen LogP contribution in [0.1, 0.15) is 0 Å². The van der Waals surface area contributed by atoms with Gasteiger partial charge in [-0.05, 0) is 12.1 Å². The summed E-state index contributed by atoms with van der Waals surface area (Å²) in [6.45, 7) is 0. The maximum Gasteiger partial charge on any atom is 0.275 e. The summed E-state index contributed by atoms with van der Waals surface area (Å²) in [5, 5.41) is 1.77. The SMILES string of the molecule is COc1nc2cc3ccccc3nc2s1. The quantitative estimate of drug-likeness (QED) is 0.627. The van der Waals surface area contributed by atoms with Crippen LogP contribution in [-0.4, -0.2) is 17.1 Å². The molecular weight excluding hydrogens is 208 g/mol. The van der Waals surface area contributed by atoms with Gasteiger partial charge in [-0.3, -0.25) is 0 Å². The van der Waals surface area contributed by atoms with E-state index in [0.29, 0.717) is 5.19 Å². The van der Waals surface area contributed by atoms with Crippen molar-refractivity contribution in [1.82, 2.24) is 9.97 Å². The summed E-state index contributed by atoms with van der Waals surface area (Å²) < 4.78 is 5.09. The minimum absolute atomic E-state index is 0.660. The van der Waals surface area contributed by atoms with Crippen LogP contribution in [0.25, 0.3) is 21.3 Å². The molecule has 0 aliphatic rings. The summed E-state index contributed by atoms with van der Waals surface area (Å²) in [4.78, 5) is 9.76. The van der Waals surface area contributed by atoms with E-state index < -0.39 is 0 Å². The Kier molecular flexibility index (Phi) is 1.82. The second-order valence-corrected chi connectivity index (χ2v) is 4.13. The van der Waals surface area contributed by atoms with Gasteiger partial charge in [0.05, 0.1) is 12.6 Å². The van der Waals surface area contributed by atoms with Crippen LogP contribution in [0, 0.1) is 0 Å². The molecule has 4 heteroatoms. The van der Waals surface area contributed by atoms with Gasteiger partial charge in [0.25, 0.3) is 5.19 Å². The van der Waals surface area contributed by atoms with Gasteiger partial charge in [0.2, 0.25) is 0 Å². The second kappa shape index (κ2) is 3.17. The number of pyridine rings is 1. The van der Waals surface area contributed by atoms with E-state index in [9.17, 15) is 0 Å². The summed E-state index contributed by atoms with van der Waals surface area (Å²) in [5.74, 6) is 0. The predicted octanol–water partition coefficient (Wildman–Crippen LogP) is 2.85. The van der Waals surface area contributed by atoms with Crippen LogP contribution in [0.2, 0.25) is 0 Å². The van der Waals surface area contributed by atoms with E-state index >= 15 is 0 Å². The highest BCUT2D eigenvalue weighted by Crippen LogP contribution is 2.28. The molecule has 3 rings (SSSR count). The molecule has 3 aromatic rings. The lowest BCUT2D eigenvalue weighted by molar-refractivity contribution is 0.413. The van der Waals surface area contributed by atoms with Gasteiger partial charge in [-0.25, -0.2) is 9.97 Å². The number of thiazole rings is 1. The van der Waals surface area contributed by atoms with Gasteiger partial charge in [-0.1, -0.05) is 29.5 Å². The lowest BCUT2D eigenvalue weighted by Gasteiger charge is -1.94. The molecule has 0 atom stereocenters. The van der Waals surface area contributed by atoms with Crippen molar-refractivity contribution in [3.63, 3.8) is 0 Å². The lowest BCUT2D eigenvalue weighted by atomic mass is 10.2. The fraction of sp³-hybridized carbons (Fsp3) is 0.0909. The number of ether oxygens (including phenoxy) is 1. The maximum atomic E-state index is 5.09. The number of fused-ring (bicyclic) bond motifs is 2. The van der Waals surface area contributed by atoms with Crippen molar-refractivity contribution in [2.75, 3.05) is 7.11 Å². The van der Waals surface area contributed by atoms with Gasteiger partial charge in [0.15, 0.2) is 0 Å². The van der Waals surface area contributed by atoms with Crippen molar-refractivity contribution < 1.29 is 4.74 Å². The summed E-state index contributed by atoms with van der Waals surface area (Å²) in [5.41, 5.74) is 1.90.